The van der Waals surface area contributed by atoms with E-state index in [2.05, 4.69) is 14.9 Å². The van der Waals surface area contributed by atoms with Crippen LogP contribution in [0.5, 0.6) is 0 Å². The maximum absolute atomic E-state index is 12.2. The van der Waals surface area contributed by atoms with Crippen molar-refractivity contribution in [3.8, 4) is 0 Å². The minimum absolute atomic E-state index is 0.177. The quantitative estimate of drug-likeness (QED) is 0.726. The van der Waals surface area contributed by atoms with Crippen molar-refractivity contribution < 1.29 is 9.53 Å². The third-order valence-corrected chi connectivity index (χ3v) is 5.50. The largest absolute Gasteiger partial charge is 0.444 e. The number of carbonyl (C=O) groups excluding carboxylic acids is 1. The number of ether oxygens (including phenoxy) is 1. The highest BCUT2D eigenvalue weighted by Crippen LogP contribution is 2.33. The van der Waals surface area contributed by atoms with Gasteiger partial charge in [-0.2, -0.15) is 0 Å². The van der Waals surface area contributed by atoms with Crippen molar-refractivity contribution >= 4 is 23.6 Å². The van der Waals surface area contributed by atoms with Gasteiger partial charge in [-0.05, 0) is 64.4 Å². The van der Waals surface area contributed by atoms with Crippen LogP contribution in [0.3, 0.4) is 0 Å². The lowest BCUT2D eigenvalue weighted by Crippen LogP contribution is -2.44. The van der Waals surface area contributed by atoms with Gasteiger partial charge in [0.25, 0.3) is 0 Å². The Morgan fingerprint density at radius 1 is 1.12 bits per heavy atom. The first-order chi connectivity index (χ1) is 12.3. The zero-order chi connectivity index (χ0) is 18.7. The SMILES string of the molecule is CC(C)(C)OC(=O)N1CCC(C2CCN(c3nccc(Cl)n3)CC2)CC1. The number of hydrogen-bond acceptors (Lipinski definition) is 5. The number of amides is 1. The van der Waals surface area contributed by atoms with Crippen LogP contribution in [0.2, 0.25) is 5.15 Å². The molecule has 2 saturated heterocycles. The van der Waals surface area contributed by atoms with Crippen LogP contribution in [0.1, 0.15) is 46.5 Å². The van der Waals surface area contributed by atoms with Gasteiger partial charge >= 0.3 is 6.09 Å². The number of rotatable bonds is 2. The summed E-state index contributed by atoms with van der Waals surface area (Å²) in [5, 5.41) is 0.492. The number of carbonyl (C=O) groups is 1. The Kier molecular flexibility index (Phi) is 5.90. The lowest BCUT2D eigenvalue weighted by molar-refractivity contribution is 0.0152. The van der Waals surface area contributed by atoms with Crippen LogP contribution in [0.25, 0.3) is 0 Å². The summed E-state index contributed by atoms with van der Waals surface area (Å²) in [5.74, 6) is 2.14. The molecule has 1 amide bonds. The van der Waals surface area contributed by atoms with Crippen molar-refractivity contribution in [2.45, 2.75) is 52.1 Å². The lowest BCUT2D eigenvalue weighted by Gasteiger charge is -2.40. The fourth-order valence-electron chi connectivity index (χ4n) is 3.93. The van der Waals surface area contributed by atoms with Gasteiger partial charge in [-0.15, -0.1) is 0 Å². The van der Waals surface area contributed by atoms with Crippen molar-refractivity contribution in [1.29, 1.82) is 0 Å². The molecule has 3 rings (SSSR count). The Morgan fingerprint density at radius 3 is 2.23 bits per heavy atom. The van der Waals surface area contributed by atoms with E-state index in [0.29, 0.717) is 17.0 Å². The minimum atomic E-state index is -0.427. The summed E-state index contributed by atoms with van der Waals surface area (Å²) in [6.07, 6.45) is 5.96. The number of halogens is 1. The molecule has 2 fully saturated rings. The molecule has 26 heavy (non-hydrogen) atoms. The van der Waals surface area contributed by atoms with E-state index in [1.165, 1.54) is 0 Å². The molecular weight excluding hydrogens is 352 g/mol. The predicted molar refractivity (Wildman–Crippen MR) is 103 cm³/mol. The summed E-state index contributed by atoms with van der Waals surface area (Å²) in [6, 6.07) is 1.70. The van der Waals surface area contributed by atoms with Gasteiger partial charge in [-0.3, -0.25) is 0 Å². The highest BCUT2D eigenvalue weighted by molar-refractivity contribution is 6.29. The smallest absolute Gasteiger partial charge is 0.410 e. The molecule has 0 spiro atoms. The van der Waals surface area contributed by atoms with E-state index in [9.17, 15) is 4.79 Å². The third kappa shape index (κ3) is 5.00. The van der Waals surface area contributed by atoms with E-state index in [0.717, 1.165) is 57.8 Å². The van der Waals surface area contributed by atoms with Crippen LogP contribution in [-0.4, -0.2) is 52.7 Å². The minimum Gasteiger partial charge on any atom is -0.444 e. The number of aromatic nitrogens is 2. The molecule has 0 unspecified atom stereocenters. The second-order valence-electron chi connectivity index (χ2n) is 8.31. The van der Waals surface area contributed by atoms with Gasteiger partial charge in [0, 0.05) is 32.4 Å². The Morgan fingerprint density at radius 2 is 1.69 bits per heavy atom. The zero-order valence-electron chi connectivity index (χ0n) is 15.9. The van der Waals surface area contributed by atoms with Gasteiger partial charge in [-0.1, -0.05) is 11.6 Å². The Hall–Kier alpha value is -1.56. The van der Waals surface area contributed by atoms with E-state index < -0.39 is 5.60 Å². The summed E-state index contributed by atoms with van der Waals surface area (Å²) >= 11 is 5.97. The molecule has 0 N–H and O–H groups in total. The van der Waals surface area contributed by atoms with Crippen molar-refractivity contribution in [3.63, 3.8) is 0 Å². The van der Waals surface area contributed by atoms with Gasteiger partial charge in [0.1, 0.15) is 10.8 Å². The fourth-order valence-corrected chi connectivity index (χ4v) is 4.06. The first-order valence-corrected chi connectivity index (χ1v) is 9.91. The molecule has 7 heteroatoms. The molecule has 0 bridgehead atoms. The number of hydrogen-bond donors (Lipinski definition) is 0. The van der Waals surface area contributed by atoms with E-state index in [4.69, 9.17) is 16.3 Å². The molecule has 2 aliphatic rings. The van der Waals surface area contributed by atoms with Crippen LogP contribution >= 0.6 is 11.6 Å². The number of nitrogens with zero attached hydrogens (tertiary/aromatic N) is 4. The maximum atomic E-state index is 12.2. The molecule has 1 aromatic rings. The van der Waals surface area contributed by atoms with E-state index in [-0.39, 0.29) is 6.09 Å². The van der Waals surface area contributed by atoms with Crippen LogP contribution in [0.4, 0.5) is 10.7 Å². The van der Waals surface area contributed by atoms with Crippen molar-refractivity contribution in [1.82, 2.24) is 14.9 Å². The molecule has 0 aromatic carbocycles. The second kappa shape index (κ2) is 7.99. The standard InChI is InChI=1S/C19H29ClN4O2/c1-19(2,3)26-18(25)24-12-7-15(8-13-24)14-5-10-23(11-6-14)17-21-9-4-16(20)22-17/h4,9,14-15H,5-8,10-13H2,1-3H3. The summed E-state index contributed by atoms with van der Waals surface area (Å²) in [7, 11) is 0. The third-order valence-electron chi connectivity index (χ3n) is 5.29. The van der Waals surface area contributed by atoms with E-state index in [1.807, 2.05) is 25.7 Å². The van der Waals surface area contributed by atoms with Gasteiger partial charge in [0.05, 0.1) is 0 Å². The van der Waals surface area contributed by atoms with Crippen LogP contribution in [0, 0.1) is 11.8 Å². The highest BCUT2D eigenvalue weighted by atomic mass is 35.5. The van der Waals surface area contributed by atoms with E-state index >= 15 is 0 Å². The summed E-state index contributed by atoms with van der Waals surface area (Å²) < 4.78 is 5.49. The predicted octanol–water partition coefficient (Wildman–Crippen LogP) is 3.99. The molecular formula is C19H29ClN4O2. The molecule has 0 saturated carbocycles. The Bertz CT molecular complexity index is 618. The van der Waals surface area contributed by atoms with Crippen molar-refractivity contribution in [2.24, 2.45) is 11.8 Å². The summed E-state index contributed by atoms with van der Waals surface area (Å²) in [6.45, 7) is 9.28. The Balaban J connectivity index is 1.46. The monoisotopic (exact) mass is 380 g/mol. The first kappa shape index (κ1) is 19.2. The molecule has 1 aromatic heterocycles. The summed E-state index contributed by atoms with van der Waals surface area (Å²) in [4.78, 5) is 24.9. The molecule has 144 valence electrons. The first-order valence-electron chi connectivity index (χ1n) is 9.53. The van der Waals surface area contributed by atoms with Crippen LogP contribution in [-0.2, 0) is 4.74 Å². The fraction of sp³-hybridized carbons (Fsp3) is 0.737. The van der Waals surface area contributed by atoms with Crippen LogP contribution < -0.4 is 4.90 Å². The normalized spacial score (nSPS) is 20.3. The average Bonchev–Trinajstić information content (AvgIpc) is 2.61. The number of piperidine rings is 2. The van der Waals surface area contributed by atoms with Crippen LogP contribution in [0.15, 0.2) is 12.3 Å². The lowest BCUT2D eigenvalue weighted by atomic mass is 9.79. The number of likely N-dealkylation sites (tertiary alicyclic amines) is 1. The molecule has 0 atom stereocenters. The zero-order valence-corrected chi connectivity index (χ0v) is 16.7. The molecule has 2 aliphatic heterocycles. The highest BCUT2D eigenvalue weighted by Gasteiger charge is 2.32. The maximum Gasteiger partial charge on any atom is 0.410 e. The molecule has 0 radical (unpaired) electrons. The molecule has 6 nitrogen and oxygen atoms in total. The van der Waals surface area contributed by atoms with E-state index in [1.54, 1.807) is 12.3 Å². The van der Waals surface area contributed by atoms with Crippen molar-refractivity contribution in [2.75, 3.05) is 31.1 Å². The van der Waals surface area contributed by atoms with Crippen molar-refractivity contribution in [3.05, 3.63) is 17.4 Å². The second-order valence-corrected chi connectivity index (χ2v) is 8.70. The number of anilines is 1. The molecule has 0 aliphatic carbocycles. The van der Waals surface area contributed by atoms with Gasteiger partial charge in [0.2, 0.25) is 5.95 Å². The average molecular weight is 381 g/mol. The Labute approximate surface area is 160 Å². The topological polar surface area (TPSA) is 58.6 Å². The van der Waals surface area contributed by atoms with Gasteiger partial charge in [-0.25, -0.2) is 14.8 Å². The van der Waals surface area contributed by atoms with Gasteiger partial charge < -0.3 is 14.5 Å². The molecule has 3 heterocycles. The van der Waals surface area contributed by atoms with Gasteiger partial charge in [0.15, 0.2) is 0 Å². The summed E-state index contributed by atoms with van der Waals surface area (Å²) in [5.41, 5.74) is -0.427.